The molecular weight excluding hydrogens is 284 g/mol. The van der Waals surface area contributed by atoms with E-state index in [1.54, 1.807) is 7.11 Å². The molecule has 0 N–H and O–H groups in total. The monoisotopic (exact) mass is 316 g/mol. The van der Waals surface area contributed by atoms with E-state index in [4.69, 9.17) is 4.74 Å². The van der Waals surface area contributed by atoms with E-state index in [0.717, 1.165) is 6.42 Å². The van der Waals surface area contributed by atoms with Gasteiger partial charge in [-0.05, 0) is 72.5 Å². The highest BCUT2D eigenvalue weighted by Crippen LogP contribution is 2.77. The average molecular weight is 316 g/mol. The molecule has 4 fully saturated rings. The van der Waals surface area contributed by atoms with Crippen molar-refractivity contribution in [2.24, 2.45) is 39.9 Å². The fraction of sp³-hybridized carbons (Fsp3) is 0.857. The van der Waals surface area contributed by atoms with Crippen molar-refractivity contribution in [3.8, 4) is 0 Å². The number of carbonyl (C=O) groups is 1. The van der Waals surface area contributed by atoms with Gasteiger partial charge < -0.3 is 4.74 Å². The van der Waals surface area contributed by atoms with Crippen LogP contribution in [0.4, 0.5) is 0 Å². The fourth-order valence-electron chi connectivity index (χ4n) is 8.09. The summed E-state index contributed by atoms with van der Waals surface area (Å²) in [6.07, 6.45) is 8.70. The van der Waals surface area contributed by atoms with Crippen LogP contribution in [0, 0.1) is 39.9 Å². The molecule has 2 nitrogen and oxygen atoms in total. The molecule has 0 radical (unpaired) electrons. The van der Waals surface area contributed by atoms with Gasteiger partial charge in [-0.2, -0.15) is 0 Å². The van der Waals surface area contributed by atoms with Gasteiger partial charge in [0, 0.05) is 0 Å². The van der Waals surface area contributed by atoms with Crippen molar-refractivity contribution in [3.05, 3.63) is 12.2 Å². The molecule has 4 aliphatic carbocycles. The molecule has 128 valence electrons. The van der Waals surface area contributed by atoms with Crippen LogP contribution in [-0.2, 0) is 9.53 Å². The molecule has 0 aromatic rings. The van der Waals surface area contributed by atoms with E-state index in [2.05, 4.69) is 27.4 Å². The summed E-state index contributed by atoms with van der Waals surface area (Å²) in [4.78, 5) is 13.0. The molecule has 2 heteroatoms. The number of hydrogen-bond donors (Lipinski definition) is 0. The molecule has 0 heterocycles. The van der Waals surface area contributed by atoms with Crippen LogP contribution in [0.25, 0.3) is 0 Å². The third-order valence-corrected chi connectivity index (χ3v) is 8.55. The van der Waals surface area contributed by atoms with Gasteiger partial charge in [-0.3, -0.25) is 4.79 Å². The molecule has 0 aromatic heterocycles. The average Bonchev–Trinajstić information content (AvgIpc) is 2.87. The van der Waals surface area contributed by atoms with Crippen molar-refractivity contribution in [2.75, 3.05) is 7.11 Å². The number of methoxy groups -OCH3 is 1. The van der Waals surface area contributed by atoms with Crippen molar-refractivity contribution in [2.45, 2.75) is 65.7 Å². The Labute approximate surface area is 141 Å². The van der Waals surface area contributed by atoms with Gasteiger partial charge in [-0.1, -0.05) is 39.3 Å². The lowest BCUT2D eigenvalue weighted by molar-refractivity contribution is -0.155. The predicted molar refractivity (Wildman–Crippen MR) is 91.8 cm³/mol. The number of carbonyl (C=O) groups excluding carboxylic acids is 1. The molecule has 0 aliphatic heterocycles. The Kier molecular flexibility index (Phi) is 3.17. The molecule has 23 heavy (non-hydrogen) atoms. The number of allylic oxidation sites excluding steroid dienone is 1. The first-order valence-corrected chi connectivity index (χ1v) is 9.52. The summed E-state index contributed by atoms with van der Waals surface area (Å²) in [5, 5.41) is 0. The SMILES string of the molecule is C=C1C[C@]23C[C@H]1CC[C@H]2[C@]1(C)CCCC(C)(C)[C@H]1[C@@H]3C(=O)OC. The Balaban J connectivity index is 1.90. The summed E-state index contributed by atoms with van der Waals surface area (Å²) in [5.41, 5.74) is 2.10. The molecule has 4 aliphatic rings. The molecular formula is C21H32O2. The van der Waals surface area contributed by atoms with Crippen LogP contribution < -0.4 is 0 Å². The van der Waals surface area contributed by atoms with Gasteiger partial charge in [-0.15, -0.1) is 0 Å². The zero-order chi connectivity index (χ0) is 16.6. The molecule has 0 unspecified atom stereocenters. The van der Waals surface area contributed by atoms with Gasteiger partial charge in [0.1, 0.15) is 0 Å². The summed E-state index contributed by atoms with van der Waals surface area (Å²) in [5.74, 6) is 1.95. The predicted octanol–water partition coefficient (Wildman–Crippen LogP) is 4.98. The largest absolute Gasteiger partial charge is 0.469 e. The summed E-state index contributed by atoms with van der Waals surface area (Å²) in [6.45, 7) is 11.7. The van der Waals surface area contributed by atoms with Crippen LogP contribution in [0.5, 0.6) is 0 Å². The third kappa shape index (κ3) is 1.79. The van der Waals surface area contributed by atoms with Gasteiger partial charge in [0.15, 0.2) is 0 Å². The van der Waals surface area contributed by atoms with Crippen LogP contribution in [0.15, 0.2) is 12.2 Å². The fourth-order valence-corrected chi connectivity index (χ4v) is 8.09. The van der Waals surface area contributed by atoms with E-state index in [9.17, 15) is 4.79 Å². The Morgan fingerprint density at radius 3 is 2.65 bits per heavy atom. The minimum absolute atomic E-state index is 0.0639. The van der Waals surface area contributed by atoms with Gasteiger partial charge in [-0.25, -0.2) is 0 Å². The number of fused-ring (bicyclic) bond motifs is 3. The van der Waals surface area contributed by atoms with Crippen molar-refractivity contribution >= 4 is 5.97 Å². The maximum Gasteiger partial charge on any atom is 0.309 e. The second-order valence-electron chi connectivity index (χ2n) is 9.93. The maximum atomic E-state index is 13.0. The molecule has 4 rings (SSSR count). The normalized spacial score (nSPS) is 50.3. The van der Waals surface area contributed by atoms with Gasteiger partial charge in [0.2, 0.25) is 0 Å². The summed E-state index contributed by atoms with van der Waals surface area (Å²) < 4.78 is 5.38. The minimum atomic E-state index is 0.0639. The summed E-state index contributed by atoms with van der Waals surface area (Å²) in [7, 11) is 1.59. The lowest BCUT2D eigenvalue weighted by Gasteiger charge is -2.51. The van der Waals surface area contributed by atoms with Crippen LogP contribution in [-0.4, -0.2) is 13.1 Å². The Bertz CT molecular complexity index is 562. The molecule has 4 saturated carbocycles. The lowest BCUT2D eigenvalue weighted by atomic mass is 9.54. The molecule has 0 aromatic carbocycles. The summed E-state index contributed by atoms with van der Waals surface area (Å²) >= 11 is 0. The highest BCUT2D eigenvalue weighted by Gasteiger charge is 2.73. The van der Waals surface area contributed by atoms with E-state index in [-0.39, 0.29) is 22.7 Å². The molecule has 0 amide bonds. The Morgan fingerprint density at radius 2 is 1.96 bits per heavy atom. The number of esters is 1. The smallest absolute Gasteiger partial charge is 0.309 e. The molecule has 6 atom stereocenters. The van der Waals surface area contributed by atoms with Crippen molar-refractivity contribution in [3.63, 3.8) is 0 Å². The van der Waals surface area contributed by atoms with E-state index < -0.39 is 0 Å². The summed E-state index contributed by atoms with van der Waals surface area (Å²) in [6, 6.07) is 0. The van der Waals surface area contributed by atoms with Crippen molar-refractivity contribution in [1.82, 2.24) is 0 Å². The second kappa shape index (κ2) is 4.64. The zero-order valence-electron chi connectivity index (χ0n) is 15.3. The van der Waals surface area contributed by atoms with Crippen LogP contribution >= 0.6 is 0 Å². The zero-order valence-corrected chi connectivity index (χ0v) is 15.3. The number of ether oxygens (including phenoxy) is 1. The van der Waals surface area contributed by atoms with Crippen LogP contribution in [0.2, 0.25) is 0 Å². The van der Waals surface area contributed by atoms with Crippen LogP contribution in [0.1, 0.15) is 65.7 Å². The van der Waals surface area contributed by atoms with E-state index in [1.807, 2.05) is 0 Å². The van der Waals surface area contributed by atoms with Crippen molar-refractivity contribution in [1.29, 1.82) is 0 Å². The van der Waals surface area contributed by atoms with Gasteiger partial charge in [0.05, 0.1) is 13.0 Å². The lowest BCUT2D eigenvalue weighted by Crippen LogP contribution is -2.45. The molecule has 0 saturated heterocycles. The number of hydrogen-bond acceptors (Lipinski definition) is 2. The second-order valence-corrected chi connectivity index (χ2v) is 9.93. The third-order valence-electron chi connectivity index (χ3n) is 8.55. The van der Waals surface area contributed by atoms with Crippen molar-refractivity contribution < 1.29 is 9.53 Å². The quantitative estimate of drug-likeness (QED) is 0.503. The van der Waals surface area contributed by atoms with Crippen LogP contribution in [0.3, 0.4) is 0 Å². The minimum Gasteiger partial charge on any atom is -0.469 e. The van der Waals surface area contributed by atoms with E-state index in [0.29, 0.717) is 23.2 Å². The molecule has 1 spiro atoms. The number of rotatable bonds is 1. The van der Waals surface area contributed by atoms with Gasteiger partial charge >= 0.3 is 5.97 Å². The maximum absolute atomic E-state index is 13.0. The first-order chi connectivity index (χ1) is 10.8. The highest BCUT2D eigenvalue weighted by atomic mass is 16.5. The van der Waals surface area contributed by atoms with E-state index in [1.165, 1.54) is 44.1 Å². The molecule has 2 bridgehead atoms. The Hall–Kier alpha value is -0.790. The van der Waals surface area contributed by atoms with E-state index >= 15 is 0 Å². The van der Waals surface area contributed by atoms with Gasteiger partial charge in [0.25, 0.3) is 0 Å². The highest BCUT2D eigenvalue weighted by molar-refractivity contribution is 5.75. The topological polar surface area (TPSA) is 26.3 Å². The first kappa shape index (κ1) is 15.7. The first-order valence-electron chi connectivity index (χ1n) is 9.52. The Morgan fingerprint density at radius 1 is 1.22 bits per heavy atom. The standard InChI is InChI=1S/C21H32O2/c1-13-11-21-12-14(13)7-8-15(21)20(4)10-6-9-19(2,3)17(20)16(21)18(22)23-5/h14-17H,1,6-12H2,2-5H3/t14-,15+,16-,17-,20+,21+/m1/s1.